The first-order chi connectivity index (χ1) is 6.00. The van der Waals surface area contributed by atoms with Gasteiger partial charge in [-0.2, -0.15) is 0 Å². The van der Waals surface area contributed by atoms with Gasteiger partial charge in [0.25, 0.3) is 0 Å². The summed E-state index contributed by atoms with van der Waals surface area (Å²) in [5.74, 6) is -1.23. The van der Waals surface area contributed by atoms with E-state index in [9.17, 15) is 4.79 Å². The van der Waals surface area contributed by atoms with Gasteiger partial charge in [0.2, 0.25) is 5.76 Å². The van der Waals surface area contributed by atoms with Crippen LogP contribution in [0.5, 0.6) is 0 Å². The molecule has 0 saturated carbocycles. The highest BCUT2D eigenvalue weighted by molar-refractivity contribution is 6.29. The van der Waals surface area contributed by atoms with Crippen LogP contribution in [0.3, 0.4) is 0 Å². The number of rotatable bonds is 3. The summed E-state index contributed by atoms with van der Waals surface area (Å²) in [5.41, 5.74) is 0.684. The summed E-state index contributed by atoms with van der Waals surface area (Å²) in [7, 11) is 3.73. The predicted molar refractivity (Wildman–Crippen MR) is 48.1 cm³/mol. The Labute approximate surface area is 80.7 Å². The van der Waals surface area contributed by atoms with Gasteiger partial charge in [-0.15, -0.1) is 0 Å². The summed E-state index contributed by atoms with van der Waals surface area (Å²) in [6.07, 6.45) is 0. The molecule has 0 unspecified atom stereocenters. The van der Waals surface area contributed by atoms with E-state index in [-0.39, 0.29) is 11.0 Å². The van der Waals surface area contributed by atoms with Gasteiger partial charge in [0.05, 0.1) is 0 Å². The van der Waals surface area contributed by atoms with Gasteiger partial charge in [0.1, 0.15) is 0 Å². The van der Waals surface area contributed by atoms with Gasteiger partial charge in [-0.1, -0.05) is 0 Å². The molecule has 0 saturated heterocycles. The van der Waals surface area contributed by atoms with E-state index in [2.05, 4.69) is 0 Å². The zero-order valence-corrected chi connectivity index (χ0v) is 8.13. The topological polar surface area (TPSA) is 53.7 Å². The van der Waals surface area contributed by atoms with Gasteiger partial charge in [-0.25, -0.2) is 4.79 Å². The van der Waals surface area contributed by atoms with E-state index in [0.29, 0.717) is 12.1 Å². The number of hydrogen-bond acceptors (Lipinski definition) is 3. The summed E-state index contributed by atoms with van der Waals surface area (Å²) >= 11 is 5.68. The third kappa shape index (κ3) is 2.47. The van der Waals surface area contributed by atoms with Crippen molar-refractivity contribution < 1.29 is 14.3 Å². The minimum Gasteiger partial charge on any atom is -0.475 e. The van der Waals surface area contributed by atoms with Crippen molar-refractivity contribution in [2.24, 2.45) is 0 Å². The van der Waals surface area contributed by atoms with Gasteiger partial charge in [0.15, 0.2) is 5.22 Å². The fourth-order valence-corrected chi connectivity index (χ4v) is 1.16. The molecule has 0 atom stereocenters. The van der Waals surface area contributed by atoms with Gasteiger partial charge < -0.3 is 14.4 Å². The van der Waals surface area contributed by atoms with Crippen LogP contribution in [-0.2, 0) is 6.54 Å². The van der Waals surface area contributed by atoms with Crippen molar-refractivity contribution in [1.29, 1.82) is 0 Å². The first-order valence-electron chi connectivity index (χ1n) is 3.67. The third-order valence-electron chi connectivity index (χ3n) is 1.45. The third-order valence-corrected chi connectivity index (χ3v) is 1.77. The SMILES string of the molecule is CN(C)Cc1cc(C(=O)O)oc1Cl. The van der Waals surface area contributed by atoms with Crippen molar-refractivity contribution in [1.82, 2.24) is 4.90 Å². The fraction of sp³-hybridized carbons (Fsp3) is 0.375. The second kappa shape index (κ2) is 3.81. The van der Waals surface area contributed by atoms with Crippen LogP contribution in [0.2, 0.25) is 5.22 Å². The molecule has 1 aromatic rings. The van der Waals surface area contributed by atoms with Crippen LogP contribution in [0.25, 0.3) is 0 Å². The van der Waals surface area contributed by atoms with E-state index in [1.54, 1.807) is 0 Å². The minimum absolute atomic E-state index is 0.123. The van der Waals surface area contributed by atoms with Crippen molar-refractivity contribution in [2.75, 3.05) is 14.1 Å². The van der Waals surface area contributed by atoms with Crippen LogP contribution in [0.4, 0.5) is 0 Å². The Kier molecular flexibility index (Phi) is 2.95. The maximum Gasteiger partial charge on any atom is 0.371 e. The lowest BCUT2D eigenvalue weighted by Gasteiger charge is -2.06. The van der Waals surface area contributed by atoms with Crippen LogP contribution in [0, 0.1) is 0 Å². The van der Waals surface area contributed by atoms with E-state index in [1.807, 2.05) is 19.0 Å². The molecule has 1 heterocycles. The molecular formula is C8H10ClNO3. The van der Waals surface area contributed by atoms with Crippen molar-refractivity contribution >= 4 is 17.6 Å². The molecule has 0 aliphatic rings. The Morgan fingerprint density at radius 1 is 1.69 bits per heavy atom. The van der Waals surface area contributed by atoms with Crippen molar-refractivity contribution in [3.63, 3.8) is 0 Å². The van der Waals surface area contributed by atoms with Crippen LogP contribution in [0.15, 0.2) is 10.5 Å². The first-order valence-corrected chi connectivity index (χ1v) is 4.04. The molecule has 0 amide bonds. The monoisotopic (exact) mass is 203 g/mol. The predicted octanol–water partition coefficient (Wildman–Crippen LogP) is 1.69. The average Bonchev–Trinajstić information content (AvgIpc) is 2.31. The van der Waals surface area contributed by atoms with E-state index in [0.717, 1.165) is 0 Å². The summed E-state index contributed by atoms with van der Waals surface area (Å²) < 4.78 is 4.82. The summed E-state index contributed by atoms with van der Waals surface area (Å²) in [6.45, 7) is 0.565. The number of nitrogens with zero attached hydrogens (tertiary/aromatic N) is 1. The molecule has 1 aromatic heterocycles. The van der Waals surface area contributed by atoms with E-state index < -0.39 is 5.97 Å². The lowest BCUT2D eigenvalue weighted by molar-refractivity contribution is 0.0662. The van der Waals surface area contributed by atoms with Crippen LogP contribution < -0.4 is 0 Å². The summed E-state index contributed by atoms with van der Waals surface area (Å²) in [5, 5.41) is 8.74. The average molecular weight is 204 g/mol. The lowest BCUT2D eigenvalue weighted by Crippen LogP contribution is -2.10. The number of furan rings is 1. The maximum absolute atomic E-state index is 10.5. The smallest absolute Gasteiger partial charge is 0.371 e. The standard InChI is InChI=1S/C8H10ClNO3/c1-10(2)4-5-3-6(8(11)12)13-7(5)9/h3H,4H2,1-2H3,(H,11,12). The van der Waals surface area contributed by atoms with E-state index in [1.165, 1.54) is 6.07 Å². The normalized spacial score (nSPS) is 10.8. The molecule has 0 aliphatic carbocycles. The van der Waals surface area contributed by atoms with Crippen LogP contribution in [-0.4, -0.2) is 30.1 Å². The fourth-order valence-electron chi connectivity index (χ4n) is 0.960. The highest BCUT2D eigenvalue weighted by Gasteiger charge is 2.14. The molecule has 0 spiro atoms. The zero-order chi connectivity index (χ0) is 10.0. The molecule has 72 valence electrons. The van der Waals surface area contributed by atoms with Gasteiger partial charge in [-0.05, 0) is 31.8 Å². The number of carbonyl (C=O) groups is 1. The lowest BCUT2D eigenvalue weighted by atomic mass is 10.3. The molecule has 1 rings (SSSR count). The summed E-state index contributed by atoms with van der Waals surface area (Å²) in [6, 6.07) is 1.44. The Balaban J connectivity index is 2.90. The quantitative estimate of drug-likeness (QED) is 0.813. The number of hydrogen-bond donors (Lipinski definition) is 1. The molecule has 4 nitrogen and oxygen atoms in total. The molecule has 0 radical (unpaired) electrons. The van der Waals surface area contributed by atoms with E-state index in [4.69, 9.17) is 21.1 Å². The highest BCUT2D eigenvalue weighted by atomic mass is 35.5. The number of carboxylic acids is 1. The second-order valence-corrected chi connectivity index (χ2v) is 3.30. The van der Waals surface area contributed by atoms with Gasteiger partial charge >= 0.3 is 5.97 Å². The van der Waals surface area contributed by atoms with Crippen LogP contribution in [0.1, 0.15) is 16.1 Å². The Morgan fingerprint density at radius 2 is 2.31 bits per heavy atom. The van der Waals surface area contributed by atoms with Crippen molar-refractivity contribution in [2.45, 2.75) is 6.54 Å². The molecule has 0 bridgehead atoms. The van der Waals surface area contributed by atoms with Crippen molar-refractivity contribution in [3.8, 4) is 0 Å². The molecule has 5 heteroatoms. The molecule has 1 N–H and O–H groups in total. The molecular weight excluding hydrogens is 194 g/mol. The number of aromatic carboxylic acids is 1. The summed E-state index contributed by atoms with van der Waals surface area (Å²) in [4.78, 5) is 12.4. The Bertz CT molecular complexity index is 319. The van der Waals surface area contributed by atoms with Crippen molar-refractivity contribution in [3.05, 3.63) is 22.6 Å². The number of halogens is 1. The molecule has 0 aliphatic heterocycles. The molecule has 0 fully saturated rings. The second-order valence-electron chi connectivity index (χ2n) is 2.95. The molecule has 0 aromatic carbocycles. The number of carboxylic acid groups (broad SMARTS) is 1. The van der Waals surface area contributed by atoms with Crippen LogP contribution >= 0.6 is 11.6 Å². The first kappa shape index (κ1) is 10.1. The maximum atomic E-state index is 10.5. The minimum atomic E-state index is -1.10. The van der Waals surface area contributed by atoms with Gasteiger partial charge in [-0.3, -0.25) is 0 Å². The molecule has 13 heavy (non-hydrogen) atoms. The zero-order valence-electron chi connectivity index (χ0n) is 7.37. The largest absolute Gasteiger partial charge is 0.475 e. The Morgan fingerprint density at radius 3 is 2.69 bits per heavy atom. The Hall–Kier alpha value is -1.00. The van der Waals surface area contributed by atoms with Gasteiger partial charge in [0, 0.05) is 12.1 Å². The van der Waals surface area contributed by atoms with E-state index >= 15 is 0 Å². The highest BCUT2D eigenvalue weighted by Crippen LogP contribution is 2.21.